The van der Waals surface area contributed by atoms with Crippen molar-refractivity contribution in [3.63, 3.8) is 0 Å². The molecule has 0 radical (unpaired) electrons. The highest BCUT2D eigenvalue weighted by Crippen LogP contribution is 2.32. The molecule has 0 aliphatic carbocycles. The van der Waals surface area contributed by atoms with Gasteiger partial charge in [-0.3, -0.25) is 14.7 Å². The minimum Gasteiger partial charge on any atom is -0.497 e. The van der Waals surface area contributed by atoms with Crippen LogP contribution in [0.5, 0.6) is 11.5 Å². The van der Waals surface area contributed by atoms with Crippen LogP contribution in [0.15, 0.2) is 54.7 Å². The van der Waals surface area contributed by atoms with Gasteiger partial charge in [-0.25, -0.2) is 0 Å². The Balaban J connectivity index is 1.35. The minimum absolute atomic E-state index is 0.222. The number of rotatable bonds is 10. The third-order valence-corrected chi connectivity index (χ3v) is 7.37. The molecule has 0 saturated carbocycles. The standard InChI is InChI=1S/C31H36N2O4/c1-36-27-10-3-6-23(20-27)7-5-18-33-19-16-24(26(22-33)11-14-31(34)35)8-4-9-25-15-17-32-30-13-12-28(37-2)21-29(25)30/h3,6,10,12-13,15,17,20-21,24,26H,4,8-9,11,14,16,18-19,22H2,1-2H3,(H,34,35)/t24-,26+/m1/s1. The van der Waals surface area contributed by atoms with Crippen molar-refractivity contribution in [3.05, 3.63) is 65.9 Å². The molecular weight excluding hydrogens is 464 g/mol. The summed E-state index contributed by atoms with van der Waals surface area (Å²) < 4.78 is 10.7. The maximum Gasteiger partial charge on any atom is 0.303 e. The number of nitrogens with zero attached hydrogens (tertiary/aromatic N) is 2. The van der Waals surface area contributed by atoms with Gasteiger partial charge in [-0.1, -0.05) is 17.9 Å². The average molecular weight is 501 g/mol. The van der Waals surface area contributed by atoms with Crippen LogP contribution in [0.4, 0.5) is 0 Å². The summed E-state index contributed by atoms with van der Waals surface area (Å²) in [4.78, 5) is 18.2. The number of fused-ring (bicyclic) bond motifs is 1. The van der Waals surface area contributed by atoms with E-state index in [-0.39, 0.29) is 6.42 Å². The van der Waals surface area contributed by atoms with Crippen molar-refractivity contribution in [2.75, 3.05) is 33.9 Å². The zero-order valence-electron chi connectivity index (χ0n) is 21.8. The number of likely N-dealkylation sites (tertiary alicyclic amines) is 1. The molecule has 1 aromatic heterocycles. The van der Waals surface area contributed by atoms with Crippen LogP contribution in [-0.2, 0) is 11.2 Å². The van der Waals surface area contributed by atoms with Gasteiger partial charge in [0.2, 0.25) is 0 Å². The molecule has 1 aliphatic heterocycles. The molecule has 0 amide bonds. The molecule has 1 aliphatic rings. The summed E-state index contributed by atoms with van der Waals surface area (Å²) in [5, 5.41) is 10.5. The molecule has 2 atom stereocenters. The Morgan fingerprint density at radius 1 is 1.08 bits per heavy atom. The summed E-state index contributed by atoms with van der Waals surface area (Å²) in [6.45, 7) is 2.59. The Bertz CT molecular complexity index is 1260. The SMILES string of the molecule is COc1cccc(C#CCN2CC[C@@H](CCCc3ccnc4ccc(OC)cc34)[C@@H](CCC(=O)O)C2)c1. The molecule has 3 aromatic rings. The van der Waals surface area contributed by atoms with Gasteiger partial charge >= 0.3 is 5.97 Å². The van der Waals surface area contributed by atoms with Crippen LogP contribution in [-0.4, -0.2) is 54.8 Å². The highest BCUT2D eigenvalue weighted by Gasteiger charge is 2.29. The quantitative estimate of drug-likeness (QED) is 0.374. The molecule has 4 rings (SSSR count). The number of aromatic nitrogens is 1. The Morgan fingerprint density at radius 2 is 1.92 bits per heavy atom. The maximum atomic E-state index is 11.3. The summed E-state index contributed by atoms with van der Waals surface area (Å²) in [7, 11) is 3.34. The van der Waals surface area contributed by atoms with E-state index in [0.29, 0.717) is 18.4 Å². The number of carbonyl (C=O) groups is 1. The van der Waals surface area contributed by atoms with E-state index in [2.05, 4.69) is 33.9 Å². The van der Waals surface area contributed by atoms with Crippen LogP contribution in [0, 0.1) is 23.7 Å². The third kappa shape index (κ3) is 7.47. The van der Waals surface area contributed by atoms with Gasteiger partial charge in [0.05, 0.1) is 26.3 Å². The van der Waals surface area contributed by atoms with Crippen molar-refractivity contribution < 1.29 is 19.4 Å². The van der Waals surface area contributed by atoms with E-state index < -0.39 is 5.97 Å². The van der Waals surface area contributed by atoms with Gasteiger partial charge in [0.25, 0.3) is 0 Å². The lowest BCUT2D eigenvalue weighted by molar-refractivity contribution is -0.137. The second-order valence-corrected chi connectivity index (χ2v) is 9.76. The molecule has 1 fully saturated rings. The molecule has 194 valence electrons. The van der Waals surface area contributed by atoms with Crippen molar-refractivity contribution >= 4 is 16.9 Å². The lowest BCUT2D eigenvalue weighted by Gasteiger charge is -2.38. The lowest BCUT2D eigenvalue weighted by Crippen LogP contribution is -2.41. The van der Waals surface area contributed by atoms with Gasteiger partial charge in [-0.15, -0.1) is 0 Å². The molecule has 6 heteroatoms. The van der Waals surface area contributed by atoms with Crippen molar-refractivity contribution in [1.29, 1.82) is 0 Å². The van der Waals surface area contributed by atoms with Gasteiger partial charge in [-0.05, 0) is 98.5 Å². The number of methoxy groups -OCH3 is 2. The van der Waals surface area contributed by atoms with Crippen LogP contribution < -0.4 is 9.47 Å². The van der Waals surface area contributed by atoms with E-state index >= 15 is 0 Å². The number of carboxylic acid groups (broad SMARTS) is 1. The first-order valence-corrected chi connectivity index (χ1v) is 13.0. The normalized spacial score (nSPS) is 17.7. The van der Waals surface area contributed by atoms with Crippen LogP contribution in [0.25, 0.3) is 10.9 Å². The maximum absolute atomic E-state index is 11.3. The Hall–Kier alpha value is -3.56. The number of aliphatic carboxylic acids is 1. The fourth-order valence-electron chi connectivity index (χ4n) is 5.35. The summed E-state index contributed by atoms with van der Waals surface area (Å²) in [5.74, 6) is 8.38. The third-order valence-electron chi connectivity index (χ3n) is 7.37. The Morgan fingerprint density at radius 3 is 2.73 bits per heavy atom. The molecule has 0 spiro atoms. The highest BCUT2D eigenvalue weighted by molar-refractivity contribution is 5.83. The van der Waals surface area contributed by atoms with Gasteiger partial charge in [0.15, 0.2) is 0 Å². The molecule has 0 unspecified atom stereocenters. The molecule has 1 N–H and O–H groups in total. The summed E-state index contributed by atoms with van der Waals surface area (Å²) in [5.41, 5.74) is 3.22. The molecule has 1 saturated heterocycles. The topological polar surface area (TPSA) is 71.9 Å². The molecule has 2 aromatic carbocycles. The van der Waals surface area contributed by atoms with Crippen molar-refractivity contribution in [2.24, 2.45) is 11.8 Å². The number of piperidine rings is 1. The zero-order valence-corrected chi connectivity index (χ0v) is 21.8. The molecular formula is C31H36N2O4. The molecule has 37 heavy (non-hydrogen) atoms. The van der Waals surface area contributed by atoms with Crippen LogP contribution in [0.3, 0.4) is 0 Å². The van der Waals surface area contributed by atoms with Gasteiger partial charge in [0.1, 0.15) is 11.5 Å². The molecule has 6 nitrogen and oxygen atoms in total. The second-order valence-electron chi connectivity index (χ2n) is 9.76. The smallest absolute Gasteiger partial charge is 0.303 e. The number of ether oxygens (including phenoxy) is 2. The van der Waals surface area contributed by atoms with Gasteiger partial charge in [-0.2, -0.15) is 0 Å². The fraction of sp³-hybridized carbons (Fsp3) is 0.419. The Labute approximate surface area is 219 Å². The molecule has 2 heterocycles. The fourth-order valence-corrected chi connectivity index (χ4v) is 5.35. The van der Waals surface area contributed by atoms with E-state index in [1.54, 1.807) is 14.2 Å². The number of hydrogen-bond acceptors (Lipinski definition) is 5. The average Bonchev–Trinajstić information content (AvgIpc) is 2.92. The number of carboxylic acids is 1. The first-order valence-electron chi connectivity index (χ1n) is 13.0. The predicted molar refractivity (Wildman–Crippen MR) is 146 cm³/mol. The monoisotopic (exact) mass is 500 g/mol. The van der Waals surface area contributed by atoms with E-state index in [9.17, 15) is 9.90 Å². The summed E-state index contributed by atoms with van der Waals surface area (Å²) in [6.07, 6.45) is 7.04. The zero-order chi connectivity index (χ0) is 26.0. The van der Waals surface area contributed by atoms with Crippen molar-refractivity contribution in [1.82, 2.24) is 9.88 Å². The number of aryl methyl sites for hydroxylation is 1. The van der Waals surface area contributed by atoms with E-state index in [4.69, 9.17) is 9.47 Å². The highest BCUT2D eigenvalue weighted by atomic mass is 16.5. The first kappa shape index (κ1) is 26.5. The van der Waals surface area contributed by atoms with Crippen LogP contribution >= 0.6 is 0 Å². The summed E-state index contributed by atoms with van der Waals surface area (Å²) in [6, 6.07) is 15.9. The van der Waals surface area contributed by atoms with Crippen LogP contribution in [0.1, 0.15) is 43.2 Å². The van der Waals surface area contributed by atoms with Gasteiger partial charge < -0.3 is 14.6 Å². The number of hydrogen-bond donors (Lipinski definition) is 1. The first-order chi connectivity index (χ1) is 18.1. The number of benzene rings is 2. The second kappa shape index (κ2) is 13.1. The molecule has 0 bridgehead atoms. The number of pyridine rings is 1. The van der Waals surface area contributed by atoms with Crippen LogP contribution in [0.2, 0.25) is 0 Å². The van der Waals surface area contributed by atoms with Gasteiger partial charge in [0, 0.05) is 30.1 Å². The Kier molecular flexibility index (Phi) is 9.40. The lowest BCUT2D eigenvalue weighted by atomic mass is 9.79. The van der Waals surface area contributed by atoms with E-state index in [1.165, 1.54) is 5.56 Å². The van der Waals surface area contributed by atoms with Crippen molar-refractivity contribution in [2.45, 2.75) is 38.5 Å². The summed E-state index contributed by atoms with van der Waals surface area (Å²) >= 11 is 0. The largest absolute Gasteiger partial charge is 0.497 e. The van der Waals surface area contributed by atoms with Crippen molar-refractivity contribution in [3.8, 4) is 23.3 Å². The van der Waals surface area contributed by atoms with E-state index in [0.717, 1.165) is 73.2 Å². The van der Waals surface area contributed by atoms with E-state index in [1.807, 2.05) is 42.6 Å². The predicted octanol–water partition coefficient (Wildman–Crippen LogP) is 5.43. The minimum atomic E-state index is -0.717.